The van der Waals surface area contributed by atoms with Crippen LogP contribution in [0.2, 0.25) is 0 Å². The molecule has 0 fully saturated rings. The quantitative estimate of drug-likeness (QED) is 0.602. The zero-order valence-corrected chi connectivity index (χ0v) is 13.8. The van der Waals surface area contributed by atoms with Crippen LogP contribution in [0.15, 0.2) is 30.3 Å². The van der Waals surface area contributed by atoms with Crippen molar-refractivity contribution in [2.75, 3.05) is 17.8 Å². The first-order valence-corrected chi connectivity index (χ1v) is 8.84. The summed E-state index contributed by atoms with van der Waals surface area (Å²) in [5.74, 6) is 0.271. The summed E-state index contributed by atoms with van der Waals surface area (Å²) in [6, 6.07) is 9.15. The lowest BCUT2D eigenvalue weighted by atomic mass is 9.99. The molecular formula is C15H22N2O2S2. The van der Waals surface area contributed by atoms with Crippen LogP contribution in [0.25, 0.3) is 0 Å². The summed E-state index contributed by atoms with van der Waals surface area (Å²) in [7, 11) is 0. The SMILES string of the molecule is CSCC[C@H](NC(=O)[C@@H](CS)Cc1ccccc1)C(N)=O. The fourth-order valence-electron chi connectivity index (χ4n) is 1.95. The Morgan fingerprint density at radius 3 is 2.52 bits per heavy atom. The third-order valence-electron chi connectivity index (χ3n) is 3.19. The molecule has 0 saturated carbocycles. The van der Waals surface area contributed by atoms with E-state index in [4.69, 9.17) is 5.73 Å². The normalized spacial score (nSPS) is 13.4. The minimum absolute atomic E-state index is 0.168. The first kappa shape index (κ1) is 17.9. The highest BCUT2D eigenvalue weighted by atomic mass is 32.2. The third-order valence-corrected chi connectivity index (χ3v) is 4.27. The minimum Gasteiger partial charge on any atom is -0.368 e. The van der Waals surface area contributed by atoms with Gasteiger partial charge in [0.25, 0.3) is 0 Å². The van der Waals surface area contributed by atoms with E-state index < -0.39 is 11.9 Å². The number of carbonyl (C=O) groups excluding carboxylic acids is 2. The van der Waals surface area contributed by atoms with Gasteiger partial charge in [0, 0.05) is 5.75 Å². The molecule has 2 atom stereocenters. The van der Waals surface area contributed by atoms with Gasteiger partial charge in [-0.15, -0.1) is 0 Å². The summed E-state index contributed by atoms with van der Waals surface area (Å²) in [5.41, 5.74) is 6.41. The Bertz CT molecular complexity index is 454. The molecular weight excluding hydrogens is 304 g/mol. The molecule has 0 saturated heterocycles. The van der Waals surface area contributed by atoms with Crippen LogP contribution in [0, 0.1) is 5.92 Å². The molecule has 1 aromatic rings. The van der Waals surface area contributed by atoms with Gasteiger partial charge in [-0.25, -0.2) is 0 Å². The molecule has 0 aromatic heterocycles. The second kappa shape index (κ2) is 9.73. The van der Waals surface area contributed by atoms with Crippen molar-refractivity contribution in [2.24, 2.45) is 11.7 Å². The second-order valence-corrected chi connectivity index (χ2v) is 6.16. The summed E-state index contributed by atoms with van der Waals surface area (Å²) < 4.78 is 0. The highest BCUT2D eigenvalue weighted by molar-refractivity contribution is 7.98. The monoisotopic (exact) mass is 326 g/mol. The number of nitrogens with one attached hydrogen (secondary N) is 1. The Kier molecular flexibility index (Phi) is 8.30. The van der Waals surface area contributed by atoms with Gasteiger partial charge >= 0.3 is 0 Å². The molecule has 21 heavy (non-hydrogen) atoms. The number of thioether (sulfide) groups is 1. The molecule has 116 valence electrons. The Hall–Kier alpha value is -1.14. The van der Waals surface area contributed by atoms with Crippen molar-refractivity contribution < 1.29 is 9.59 Å². The molecule has 0 aliphatic carbocycles. The van der Waals surface area contributed by atoms with E-state index in [1.54, 1.807) is 11.8 Å². The lowest BCUT2D eigenvalue weighted by molar-refractivity contribution is -0.129. The number of rotatable bonds is 9. The zero-order valence-electron chi connectivity index (χ0n) is 12.1. The average molecular weight is 326 g/mol. The second-order valence-electron chi connectivity index (χ2n) is 4.81. The summed E-state index contributed by atoms with van der Waals surface area (Å²) in [6.07, 6.45) is 3.10. The van der Waals surface area contributed by atoms with Gasteiger partial charge in [0.05, 0.1) is 5.92 Å². The molecule has 0 radical (unpaired) electrons. The minimum atomic E-state index is -0.608. The van der Waals surface area contributed by atoms with Crippen LogP contribution in [-0.4, -0.2) is 35.6 Å². The van der Waals surface area contributed by atoms with Crippen LogP contribution < -0.4 is 11.1 Å². The van der Waals surface area contributed by atoms with E-state index in [1.165, 1.54) is 0 Å². The van der Waals surface area contributed by atoms with Crippen molar-refractivity contribution in [2.45, 2.75) is 18.9 Å². The molecule has 1 rings (SSSR count). The van der Waals surface area contributed by atoms with Crippen molar-refractivity contribution in [1.29, 1.82) is 0 Å². The standard InChI is InChI=1S/C15H22N2O2S2/c1-21-8-7-13(14(16)18)17-15(19)12(10-20)9-11-5-3-2-4-6-11/h2-6,12-13,20H,7-10H2,1H3,(H2,16,18)(H,17,19)/t12-,13+/m1/s1. The van der Waals surface area contributed by atoms with E-state index in [-0.39, 0.29) is 11.8 Å². The average Bonchev–Trinajstić information content (AvgIpc) is 2.49. The number of hydrogen-bond acceptors (Lipinski definition) is 4. The zero-order chi connectivity index (χ0) is 15.7. The first-order chi connectivity index (χ1) is 10.1. The van der Waals surface area contributed by atoms with Crippen LogP contribution in [0.4, 0.5) is 0 Å². The van der Waals surface area contributed by atoms with Gasteiger partial charge in [-0.3, -0.25) is 9.59 Å². The molecule has 0 spiro atoms. The highest BCUT2D eigenvalue weighted by Gasteiger charge is 2.23. The maximum absolute atomic E-state index is 12.3. The fourth-order valence-corrected chi connectivity index (χ4v) is 2.72. The topological polar surface area (TPSA) is 72.2 Å². The summed E-state index contributed by atoms with van der Waals surface area (Å²) in [6.45, 7) is 0. The predicted molar refractivity (Wildman–Crippen MR) is 91.6 cm³/mol. The van der Waals surface area contributed by atoms with E-state index in [0.717, 1.165) is 11.3 Å². The molecule has 0 unspecified atom stereocenters. The van der Waals surface area contributed by atoms with Gasteiger partial charge in [-0.1, -0.05) is 30.3 Å². The van der Waals surface area contributed by atoms with E-state index in [0.29, 0.717) is 18.6 Å². The van der Waals surface area contributed by atoms with Crippen molar-refractivity contribution in [1.82, 2.24) is 5.32 Å². The third kappa shape index (κ3) is 6.44. The summed E-state index contributed by atoms with van der Waals surface area (Å²) >= 11 is 5.87. The van der Waals surface area contributed by atoms with Crippen molar-refractivity contribution >= 4 is 36.2 Å². The molecule has 3 N–H and O–H groups in total. The van der Waals surface area contributed by atoms with E-state index >= 15 is 0 Å². The highest BCUT2D eigenvalue weighted by Crippen LogP contribution is 2.11. The Morgan fingerprint density at radius 1 is 1.33 bits per heavy atom. The maximum Gasteiger partial charge on any atom is 0.240 e. The molecule has 6 heteroatoms. The number of carbonyl (C=O) groups is 2. The number of thiol groups is 1. The first-order valence-electron chi connectivity index (χ1n) is 6.82. The smallest absolute Gasteiger partial charge is 0.240 e. The van der Waals surface area contributed by atoms with E-state index in [9.17, 15) is 9.59 Å². The van der Waals surface area contributed by atoms with Gasteiger partial charge in [-0.2, -0.15) is 24.4 Å². The molecule has 0 bridgehead atoms. The predicted octanol–water partition coefficient (Wildman–Crippen LogP) is 1.50. The van der Waals surface area contributed by atoms with Crippen LogP contribution in [-0.2, 0) is 16.0 Å². The maximum atomic E-state index is 12.3. The van der Waals surface area contributed by atoms with Crippen molar-refractivity contribution in [3.8, 4) is 0 Å². The largest absolute Gasteiger partial charge is 0.368 e. The van der Waals surface area contributed by atoms with Crippen LogP contribution >= 0.6 is 24.4 Å². The summed E-state index contributed by atoms with van der Waals surface area (Å²) in [4.78, 5) is 23.7. The number of amides is 2. The fraction of sp³-hybridized carbons (Fsp3) is 0.467. The molecule has 0 aliphatic heterocycles. The van der Waals surface area contributed by atoms with E-state index in [2.05, 4.69) is 17.9 Å². The summed E-state index contributed by atoms with van der Waals surface area (Å²) in [5, 5.41) is 2.75. The van der Waals surface area contributed by atoms with Gasteiger partial charge in [0.15, 0.2) is 0 Å². The van der Waals surface area contributed by atoms with Gasteiger partial charge in [0.2, 0.25) is 11.8 Å². The molecule has 4 nitrogen and oxygen atoms in total. The van der Waals surface area contributed by atoms with Crippen molar-refractivity contribution in [3.63, 3.8) is 0 Å². The molecule has 1 aromatic carbocycles. The van der Waals surface area contributed by atoms with Crippen LogP contribution in [0.5, 0.6) is 0 Å². The van der Waals surface area contributed by atoms with Gasteiger partial charge in [0.1, 0.15) is 6.04 Å². The van der Waals surface area contributed by atoms with E-state index in [1.807, 2.05) is 36.6 Å². The van der Waals surface area contributed by atoms with Crippen LogP contribution in [0.3, 0.4) is 0 Å². The molecule has 2 amide bonds. The van der Waals surface area contributed by atoms with Crippen molar-refractivity contribution in [3.05, 3.63) is 35.9 Å². The number of benzene rings is 1. The van der Waals surface area contributed by atoms with Crippen LogP contribution in [0.1, 0.15) is 12.0 Å². The lowest BCUT2D eigenvalue weighted by Gasteiger charge is -2.19. The number of nitrogens with two attached hydrogens (primary N) is 1. The number of primary amides is 1. The van der Waals surface area contributed by atoms with Gasteiger partial charge < -0.3 is 11.1 Å². The Balaban J connectivity index is 2.62. The Labute approximate surface area is 135 Å². The molecule has 0 heterocycles. The Morgan fingerprint density at radius 2 is 2.00 bits per heavy atom. The lowest BCUT2D eigenvalue weighted by Crippen LogP contribution is -2.47. The molecule has 0 aliphatic rings. The number of hydrogen-bond donors (Lipinski definition) is 3. The van der Waals surface area contributed by atoms with Gasteiger partial charge in [-0.05, 0) is 30.4 Å².